The topological polar surface area (TPSA) is 79.3 Å². The molecule has 0 spiro atoms. The number of nitrogens with zero attached hydrogens (tertiary/aromatic N) is 2. The predicted molar refractivity (Wildman–Crippen MR) is 124 cm³/mol. The molecular formula is C24H27ClN2O5. The number of aliphatic hydroxyl groups is 1. The van der Waals surface area contributed by atoms with E-state index in [1.54, 1.807) is 18.2 Å². The number of carbonyl (C=O) groups excluding carboxylic acids is 2. The molecule has 1 heterocycles. The number of aliphatic hydroxyl groups excluding tert-OH is 1. The quantitative estimate of drug-likeness (QED) is 0.367. The summed E-state index contributed by atoms with van der Waals surface area (Å²) >= 11 is 6.17. The molecule has 1 fully saturated rings. The number of ketones is 1. The number of benzene rings is 2. The first-order valence-electron chi connectivity index (χ1n) is 10.3. The Kier molecular flexibility index (Phi) is 7.43. The third-order valence-corrected chi connectivity index (χ3v) is 5.62. The molecule has 8 heteroatoms. The zero-order chi connectivity index (χ0) is 23.4. The molecule has 0 aromatic heterocycles. The lowest BCUT2D eigenvalue weighted by Gasteiger charge is -2.25. The van der Waals surface area contributed by atoms with Crippen LogP contribution in [0.3, 0.4) is 0 Å². The number of likely N-dealkylation sites (tertiary alicyclic amines) is 1. The van der Waals surface area contributed by atoms with Gasteiger partial charge >= 0.3 is 0 Å². The number of Topliss-reactive ketones (excluding diaryl/α,β-unsaturated/α-hetero) is 1. The van der Waals surface area contributed by atoms with E-state index in [4.69, 9.17) is 21.1 Å². The van der Waals surface area contributed by atoms with Crippen LogP contribution in [0.25, 0.3) is 5.76 Å². The summed E-state index contributed by atoms with van der Waals surface area (Å²) in [7, 11) is 5.38. The van der Waals surface area contributed by atoms with Crippen LogP contribution in [-0.4, -0.2) is 62.7 Å². The SMILES string of the molecule is CCOc1cc(/C(O)=C2/C(=O)C(=O)N(CCOC)C2c2ccc(N(C)C)cc2)ccc1Cl. The van der Waals surface area contributed by atoms with E-state index in [-0.39, 0.29) is 24.5 Å². The standard InChI is InChI=1S/C24H27ClN2O5/c1-5-32-19-14-16(8-11-18(19)25)22(28)20-21(15-6-9-17(10-7-15)26(2)3)27(12-13-31-4)24(30)23(20)29/h6-11,14,21,28H,5,12-13H2,1-4H3/b22-20-. The Morgan fingerprint density at radius 1 is 1.16 bits per heavy atom. The van der Waals surface area contributed by atoms with Gasteiger partial charge < -0.3 is 24.4 Å². The van der Waals surface area contributed by atoms with Crippen LogP contribution < -0.4 is 9.64 Å². The molecule has 0 saturated carbocycles. The summed E-state index contributed by atoms with van der Waals surface area (Å²) in [5.74, 6) is -1.31. The summed E-state index contributed by atoms with van der Waals surface area (Å²) in [6.45, 7) is 2.68. The number of rotatable bonds is 8. The molecule has 0 radical (unpaired) electrons. The number of methoxy groups -OCH3 is 1. The van der Waals surface area contributed by atoms with E-state index in [2.05, 4.69) is 0 Å². The lowest BCUT2D eigenvalue weighted by Crippen LogP contribution is -2.32. The summed E-state index contributed by atoms with van der Waals surface area (Å²) in [6, 6.07) is 11.5. The minimum Gasteiger partial charge on any atom is -0.507 e. The summed E-state index contributed by atoms with van der Waals surface area (Å²) in [5, 5.41) is 11.5. The van der Waals surface area contributed by atoms with Crippen molar-refractivity contribution in [3.05, 3.63) is 64.2 Å². The number of hydrogen-bond donors (Lipinski definition) is 1. The molecule has 32 heavy (non-hydrogen) atoms. The average Bonchev–Trinajstić information content (AvgIpc) is 3.03. The molecule has 1 aliphatic rings. The van der Waals surface area contributed by atoms with Gasteiger partial charge in [0.2, 0.25) is 0 Å². The molecule has 0 bridgehead atoms. The first-order chi connectivity index (χ1) is 15.3. The highest BCUT2D eigenvalue weighted by Gasteiger charge is 2.45. The van der Waals surface area contributed by atoms with Crippen molar-refractivity contribution in [2.45, 2.75) is 13.0 Å². The van der Waals surface area contributed by atoms with Gasteiger partial charge in [-0.25, -0.2) is 0 Å². The second-order valence-corrected chi connectivity index (χ2v) is 7.96. The molecule has 1 N–H and O–H groups in total. The van der Waals surface area contributed by atoms with Crippen molar-refractivity contribution < 1.29 is 24.2 Å². The fourth-order valence-electron chi connectivity index (χ4n) is 3.67. The third-order valence-electron chi connectivity index (χ3n) is 5.31. The second-order valence-electron chi connectivity index (χ2n) is 7.55. The molecule has 0 aliphatic carbocycles. The van der Waals surface area contributed by atoms with Crippen LogP contribution >= 0.6 is 11.6 Å². The zero-order valence-corrected chi connectivity index (χ0v) is 19.3. The zero-order valence-electron chi connectivity index (χ0n) is 18.6. The normalized spacial score (nSPS) is 17.7. The van der Waals surface area contributed by atoms with Crippen molar-refractivity contribution in [1.82, 2.24) is 4.90 Å². The molecule has 1 unspecified atom stereocenters. The predicted octanol–water partition coefficient (Wildman–Crippen LogP) is 3.87. The molecule has 2 aromatic carbocycles. The Morgan fingerprint density at radius 2 is 1.84 bits per heavy atom. The van der Waals surface area contributed by atoms with Gasteiger partial charge in [-0.3, -0.25) is 9.59 Å². The van der Waals surface area contributed by atoms with Gasteiger partial charge in [0.05, 0.1) is 29.9 Å². The van der Waals surface area contributed by atoms with Crippen molar-refractivity contribution in [2.24, 2.45) is 0 Å². The largest absolute Gasteiger partial charge is 0.507 e. The molecule has 1 amide bonds. The Morgan fingerprint density at radius 3 is 2.44 bits per heavy atom. The average molecular weight is 459 g/mol. The number of anilines is 1. The summed E-state index contributed by atoms with van der Waals surface area (Å²) in [6.07, 6.45) is 0. The maximum absolute atomic E-state index is 13.0. The van der Waals surface area contributed by atoms with Crippen LogP contribution in [0.4, 0.5) is 5.69 Å². The molecular weight excluding hydrogens is 432 g/mol. The highest BCUT2D eigenvalue weighted by molar-refractivity contribution is 6.46. The molecule has 2 aromatic rings. The van der Waals surface area contributed by atoms with Gasteiger partial charge in [-0.1, -0.05) is 23.7 Å². The maximum atomic E-state index is 13.0. The van der Waals surface area contributed by atoms with Crippen molar-refractivity contribution in [2.75, 3.05) is 45.9 Å². The Balaban J connectivity index is 2.14. The van der Waals surface area contributed by atoms with Crippen molar-refractivity contribution in [1.29, 1.82) is 0 Å². The van der Waals surface area contributed by atoms with E-state index < -0.39 is 17.7 Å². The van der Waals surface area contributed by atoms with Crippen molar-refractivity contribution in [3.63, 3.8) is 0 Å². The van der Waals surface area contributed by atoms with E-state index in [1.165, 1.54) is 12.0 Å². The monoisotopic (exact) mass is 458 g/mol. The third kappa shape index (κ3) is 4.59. The highest BCUT2D eigenvalue weighted by Crippen LogP contribution is 2.40. The lowest BCUT2D eigenvalue weighted by atomic mass is 9.95. The van der Waals surface area contributed by atoms with Crippen LogP contribution in [-0.2, 0) is 14.3 Å². The number of hydrogen-bond acceptors (Lipinski definition) is 6. The van der Waals surface area contributed by atoms with Crippen molar-refractivity contribution >= 4 is 34.7 Å². The first kappa shape index (κ1) is 23.6. The Labute approximate surface area is 192 Å². The summed E-state index contributed by atoms with van der Waals surface area (Å²) < 4.78 is 10.6. The fourth-order valence-corrected chi connectivity index (χ4v) is 3.85. The van der Waals surface area contributed by atoms with E-state index >= 15 is 0 Å². The molecule has 7 nitrogen and oxygen atoms in total. The summed E-state index contributed by atoms with van der Waals surface area (Å²) in [5.41, 5.74) is 2.05. The highest BCUT2D eigenvalue weighted by atomic mass is 35.5. The van der Waals surface area contributed by atoms with Crippen LogP contribution in [0.1, 0.15) is 24.1 Å². The smallest absolute Gasteiger partial charge is 0.295 e. The van der Waals surface area contributed by atoms with Gasteiger partial charge in [0.25, 0.3) is 11.7 Å². The number of halogens is 1. The fraction of sp³-hybridized carbons (Fsp3) is 0.333. The molecule has 3 rings (SSSR count). The molecule has 170 valence electrons. The van der Waals surface area contributed by atoms with E-state index in [0.717, 1.165) is 5.69 Å². The van der Waals surface area contributed by atoms with Crippen molar-refractivity contribution in [3.8, 4) is 5.75 Å². The Hall–Kier alpha value is -3.03. The van der Waals surface area contributed by atoms with Gasteiger partial charge in [0, 0.05) is 39.0 Å². The van der Waals surface area contributed by atoms with Gasteiger partial charge in [0.1, 0.15) is 11.5 Å². The van der Waals surface area contributed by atoms with E-state index in [9.17, 15) is 14.7 Å². The second kappa shape index (κ2) is 10.1. The number of carbonyl (C=O) groups is 2. The van der Waals surface area contributed by atoms with Gasteiger partial charge in [-0.2, -0.15) is 0 Å². The van der Waals surface area contributed by atoms with E-state index in [0.29, 0.717) is 28.5 Å². The minimum absolute atomic E-state index is 0.0217. The van der Waals surface area contributed by atoms with Crippen LogP contribution in [0.15, 0.2) is 48.0 Å². The minimum atomic E-state index is -0.743. The van der Waals surface area contributed by atoms with Crippen LogP contribution in [0.5, 0.6) is 5.75 Å². The van der Waals surface area contributed by atoms with Gasteiger partial charge in [0.15, 0.2) is 0 Å². The lowest BCUT2D eigenvalue weighted by molar-refractivity contribution is -0.140. The van der Waals surface area contributed by atoms with Crippen LogP contribution in [0, 0.1) is 0 Å². The van der Waals surface area contributed by atoms with E-state index in [1.807, 2.05) is 50.2 Å². The first-order valence-corrected chi connectivity index (χ1v) is 10.6. The summed E-state index contributed by atoms with van der Waals surface area (Å²) in [4.78, 5) is 29.3. The van der Waals surface area contributed by atoms with Gasteiger partial charge in [-0.15, -0.1) is 0 Å². The van der Waals surface area contributed by atoms with Gasteiger partial charge in [-0.05, 0) is 42.8 Å². The Bertz CT molecular complexity index is 1030. The molecule has 1 aliphatic heterocycles. The van der Waals surface area contributed by atoms with Crippen LogP contribution in [0.2, 0.25) is 5.02 Å². The number of amides is 1. The maximum Gasteiger partial charge on any atom is 0.295 e. The molecule has 1 saturated heterocycles. The molecule has 1 atom stereocenters. The number of ether oxygens (including phenoxy) is 2.